The molecular weight excluding hydrogens is 240 g/mol. The maximum absolute atomic E-state index is 11.9. The van der Waals surface area contributed by atoms with Gasteiger partial charge in [-0.2, -0.15) is 0 Å². The van der Waals surface area contributed by atoms with Gasteiger partial charge in [0.1, 0.15) is 0 Å². The molecule has 104 valence electrons. The van der Waals surface area contributed by atoms with E-state index >= 15 is 0 Å². The third-order valence-corrected chi connectivity index (χ3v) is 3.32. The number of fused-ring (bicyclic) bond motifs is 1. The van der Waals surface area contributed by atoms with Crippen molar-refractivity contribution in [3.63, 3.8) is 0 Å². The summed E-state index contributed by atoms with van der Waals surface area (Å²) in [7, 11) is 0. The number of benzene rings is 1. The lowest BCUT2D eigenvalue weighted by Crippen LogP contribution is -2.34. The summed E-state index contributed by atoms with van der Waals surface area (Å²) in [6.07, 6.45) is 0.937. The van der Waals surface area contributed by atoms with Crippen LogP contribution in [0.1, 0.15) is 35.3 Å². The van der Waals surface area contributed by atoms with E-state index in [-0.39, 0.29) is 12.1 Å². The van der Waals surface area contributed by atoms with Gasteiger partial charge >= 0.3 is 5.97 Å². The molecule has 4 heteroatoms. The Morgan fingerprint density at radius 2 is 2.21 bits per heavy atom. The van der Waals surface area contributed by atoms with Crippen LogP contribution >= 0.6 is 0 Å². The summed E-state index contributed by atoms with van der Waals surface area (Å²) in [5.74, 6) is -0.242. The van der Waals surface area contributed by atoms with Crippen LogP contribution in [0.15, 0.2) is 18.2 Å². The summed E-state index contributed by atoms with van der Waals surface area (Å²) in [4.78, 5) is 14.2. The van der Waals surface area contributed by atoms with Crippen molar-refractivity contribution in [3.05, 3.63) is 34.9 Å². The summed E-state index contributed by atoms with van der Waals surface area (Å²) >= 11 is 0. The van der Waals surface area contributed by atoms with Crippen LogP contribution < -0.4 is 5.73 Å². The van der Waals surface area contributed by atoms with E-state index in [0.717, 1.165) is 26.1 Å². The number of carbonyl (C=O) groups is 1. The summed E-state index contributed by atoms with van der Waals surface area (Å²) in [6, 6.07) is 5.87. The lowest BCUT2D eigenvalue weighted by Gasteiger charge is -2.28. The van der Waals surface area contributed by atoms with E-state index in [9.17, 15) is 4.79 Å². The summed E-state index contributed by atoms with van der Waals surface area (Å²) in [5, 5.41) is 0. The highest BCUT2D eigenvalue weighted by atomic mass is 16.5. The molecule has 0 amide bonds. The first kappa shape index (κ1) is 14.0. The Labute approximate surface area is 114 Å². The second kappa shape index (κ2) is 6.17. The highest BCUT2D eigenvalue weighted by Crippen LogP contribution is 2.20. The molecule has 2 N–H and O–H groups in total. The summed E-state index contributed by atoms with van der Waals surface area (Å²) < 4.78 is 5.23. The highest BCUT2D eigenvalue weighted by molar-refractivity contribution is 5.89. The van der Waals surface area contributed by atoms with Crippen molar-refractivity contribution < 1.29 is 9.53 Å². The molecule has 0 radical (unpaired) electrons. The Bertz CT molecular complexity index is 457. The Balaban J connectivity index is 2.14. The fraction of sp³-hybridized carbons (Fsp3) is 0.533. The average Bonchev–Trinajstić information content (AvgIpc) is 2.37. The molecule has 1 aromatic carbocycles. The van der Waals surface area contributed by atoms with Crippen molar-refractivity contribution in [2.75, 3.05) is 19.6 Å². The lowest BCUT2D eigenvalue weighted by atomic mass is 9.97. The van der Waals surface area contributed by atoms with Crippen molar-refractivity contribution in [2.24, 2.45) is 5.73 Å². The number of ether oxygens (including phenoxy) is 1. The second-order valence-electron chi connectivity index (χ2n) is 5.25. The molecule has 1 aliphatic heterocycles. The molecule has 0 unspecified atom stereocenters. The van der Waals surface area contributed by atoms with Gasteiger partial charge in [-0.15, -0.1) is 0 Å². The maximum Gasteiger partial charge on any atom is 0.338 e. The monoisotopic (exact) mass is 262 g/mol. The van der Waals surface area contributed by atoms with Gasteiger partial charge in [-0.1, -0.05) is 6.07 Å². The van der Waals surface area contributed by atoms with E-state index in [1.54, 1.807) is 0 Å². The lowest BCUT2D eigenvalue weighted by molar-refractivity contribution is 0.0377. The summed E-state index contributed by atoms with van der Waals surface area (Å²) in [5.41, 5.74) is 8.79. The normalized spacial score (nSPS) is 15.4. The van der Waals surface area contributed by atoms with Gasteiger partial charge in [-0.3, -0.25) is 4.90 Å². The Hall–Kier alpha value is -1.39. The van der Waals surface area contributed by atoms with Crippen molar-refractivity contribution in [2.45, 2.75) is 32.9 Å². The molecule has 0 fully saturated rings. The minimum atomic E-state index is -0.242. The van der Waals surface area contributed by atoms with Crippen LogP contribution in [0, 0.1) is 0 Å². The molecule has 4 nitrogen and oxygen atoms in total. The van der Waals surface area contributed by atoms with E-state index in [1.807, 2.05) is 32.0 Å². The van der Waals surface area contributed by atoms with E-state index in [1.165, 1.54) is 11.1 Å². The quantitative estimate of drug-likeness (QED) is 0.837. The predicted molar refractivity (Wildman–Crippen MR) is 75.0 cm³/mol. The Morgan fingerprint density at radius 1 is 1.42 bits per heavy atom. The molecule has 0 aliphatic carbocycles. The number of nitrogens with two attached hydrogens (primary N) is 1. The van der Waals surface area contributed by atoms with E-state index in [0.29, 0.717) is 12.1 Å². The minimum absolute atomic E-state index is 0.0859. The number of carbonyl (C=O) groups excluding carboxylic acids is 1. The highest BCUT2D eigenvalue weighted by Gasteiger charge is 2.18. The van der Waals surface area contributed by atoms with Gasteiger partial charge in [0, 0.05) is 26.2 Å². The first-order valence-corrected chi connectivity index (χ1v) is 6.85. The van der Waals surface area contributed by atoms with Crippen LogP contribution in [0.2, 0.25) is 0 Å². The molecule has 0 bridgehead atoms. The fourth-order valence-electron chi connectivity index (χ4n) is 2.40. The van der Waals surface area contributed by atoms with Gasteiger partial charge in [-0.25, -0.2) is 4.79 Å². The van der Waals surface area contributed by atoms with E-state index in [4.69, 9.17) is 10.5 Å². The largest absolute Gasteiger partial charge is 0.459 e. The minimum Gasteiger partial charge on any atom is -0.459 e. The average molecular weight is 262 g/mol. The van der Waals surface area contributed by atoms with Gasteiger partial charge in [0.05, 0.1) is 11.7 Å². The molecule has 0 aromatic heterocycles. The van der Waals surface area contributed by atoms with Crippen LogP contribution in [0.25, 0.3) is 0 Å². The van der Waals surface area contributed by atoms with Gasteiger partial charge in [0.2, 0.25) is 0 Å². The fourth-order valence-corrected chi connectivity index (χ4v) is 2.40. The zero-order valence-electron chi connectivity index (χ0n) is 11.7. The standard InChI is InChI=1S/C15H22N2O2/c1-11(2)19-15(18)13-4-3-12-5-7-17(8-6-16)10-14(12)9-13/h3-4,9,11H,5-8,10,16H2,1-2H3. The third-order valence-electron chi connectivity index (χ3n) is 3.32. The van der Waals surface area contributed by atoms with Crippen molar-refractivity contribution in [3.8, 4) is 0 Å². The van der Waals surface area contributed by atoms with Crippen LogP contribution in [-0.4, -0.2) is 36.6 Å². The van der Waals surface area contributed by atoms with Gasteiger partial charge in [-0.05, 0) is 43.5 Å². The zero-order valence-corrected chi connectivity index (χ0v) is 11.7. The molecule has 1 aromatic rings. The Kier molecular flexibility index (Phi) is 4.56. The molecule has 0 atom stereocenters. The first-order chi connectivity index (χ1) is 9.10. The Morgan fingerprint density at radius 3 is 2.89 bits per heavy atom. The molecule has 1 heterocycles. The number of hydrogen-bond acceptors (Lipinski definition) is 4. The molecular formula is C15H22N2O2. The van der Waals surface area contributed by atoms with Crippen molar-refractivity contribution in [1.82, 2.24) is 4.90 Å². The summed E-state index contributed by atoms with van der Waals surface area (Å²) in [6.45, 7) is 7.21. The molecule has 19 heavy (non-hydrogen) atoms. The van der Waals surface area contributed by atoms with Crippen LogP contribution in [0.3, 0.4) is 0 Å². The number of hydrogen-bond donors (Lipinski definition) is 1. The van der Waals surface area contributed by atoms with E-state index < -0.39 is 0 Å². The van der Waals surface area contributed by atoms with E-state index in [2.05, 4.69) is 4.90 Å². The number of rotatable bonds is 4. The molecule has 0 saturated heterocycles. The SMILES string of the molecule is CC(C)OC(=O)c1ccc2c(c1)CN(CCN)CC2. The van der Waals surface area contributed by atoms with Crippen molar-refractivity contribution >= 4 is 5.97 Å². The van der Waals surface area contributed by atoms with Crippen LogP contribution in [-0.2, 0) is 17.7 Å². The van der Waals surface area contributed by atoms with Gasteiger partial charge in [0.15, 0.2) is 0 Å². The molecule has 0 spiro atoms. The predicted octanol–water partition coefficient (Wildman–Crippen LogP) is 1.57. The number of nitrogens with zero attached hydrogens (tertiary/aromatic N) is 1. The third kappa shape index (κ3) is 3.55. The smallest absolute Gasteiger partial charge is 0.338 e. The molecule has 1 aliphatic rings. The molecule has 2 rings (SSSR count). The number of esters is 1. The first-order valence-electron chi connectivity index (χ1n) is 6.85. The zero-order chi connectivity index (χ0) is 13.8. The van der Waals surface area contributed by atoms with Gasteiger partial charge < -0.3 is 10.5 Å². The van der Waals surface area contributed by atoms with Crippen molar-refractivity contribution in [1.29, 1.82) is 0 Å². The van der Waals surface area contributed by atoms with Crippen LogP contribution in [0.4, 0.5) is 0 Å². The topological polar surface area (TPSA) is 55.6 Å². The maximum atomic E-state index is 11.9. The second-order valence-corrected chi connectivity index (χ2v) is 5.25. The molecule has 0 saturated carbocycles. The van der Waals surface area contributed by atoms with Gasteiger partial charge in [0.25, 0.3) is 0 Å². The van der Waals surface area contributed by atoms with Crippen LogP contribution in [0.5, 0.6) is 0 Å².